The molecule has 0 unspecified atom stereocenters. The van der Waals surface area contributed by atoms with Crippen molar-refractivity contribution in [1.29, 1.82) is 0 Å². The fourth-order valence-electron chi connectivity index (χ4n) is 12.6. The molecule has 1 aromatic carbocycles. The largest absolute Gasteiger partial charge is 0.459 e. The van der Waals surface area contributed by atoms with E-state index in [4.69, 9.17) is 48.5 Å². The molecular weight excluding hydrogens is 1060 g/mol. The number of carbonyl (C=O) groups is 3. The van der Waals surface area contributed by atoms with Gasteiger partial charge in [-0.3, -0.25) is 14.5 Å². The highest BCUT2D eigenvalue weighted by Crippen LogP contribution is 2.44. The normalized spacial score (nSPS) is 40.4. The van der Waals surface area contributed by atoms with Crippen LogP contribution in [-0.4, -0.2) is 197 Å². The third-order valence-corrected chi connectivity index (χ3v) is 17.8. The van der Waals surface area contributed by atoms with Gasteiger partial charge >= 0.3 is 12.1 Å². The third kappa shape index (κ3) is 13.9. The summed E-state index contributed by atoms with van der Waals surface area (Å²) < 4.78 is 66.1. The van der Waals surface area contributed by atoms with E-state index < -0.39 is 132 Å². The smallest absolute Gasteiger partial charge is 0.414 e. The average Bonchev–Trinajstić information content (AvgIpc) is 4.19. The highest BCUT2D eigenvalue weighted by atomic mass is 19.1. The van der Waals surface area contributed by atoms with Gasteiger partial charge in [0.1, 0.15) is 42.9 Å². The standard InChI is InChI=1S/C57H88FN7O16/c1-15-42-57(10,72)47(67)30(4)44(63-75-14)28(2)21-56(9,74-13)49(31(5)46(32(6)51(70)79-42)80-43-22-55(8,73-12)48(68)33(7)77-43)81-52-45(66)41(18-29(3)76-52)64(11)26-34-19-39(34)50(69)60-25-37-27-65(54(71)78-37)36-16-17-38(40(58)20-36)35-23-61-53(59)62-24-35/h16-17,20,23-24,28-34,37,39,41-43,45-49,52,66-68,72H,15,18-19,21-22,25-27H2,1-14H3,(H,60,69)(H2,59,61,62)/b63-44-/t28-,29-,30+,31+,32-,33+,34-,37+,39+,41+,42-,43+,45-,46+,47-,48+,49-,52+,55-,56-,57-/m1/s1. The molecule has 4 saturated heterocycles. The molecule has 81 heavy (non-hydrogen) atoms. The Morgan fingerprint density at radius 3 is 2.25 bits per heavy atom. The average molecular weight is 1150 g/mol. The number of ether oxygens (including phenoxy) is 8. The van der Waals surface area contributed by atoms with Gasteiger partial charge in [-0.25, -0.2) is 19.2 Å². The summed E-state index contributed by atoms with van der Waals surface area (Å²) in [7, 11) is 6.30. The van der Waals surface area contributed by atoms with Gasteiger partial charge in [0, 0.05) is 80.4 Å². The molecule has 21 atom stereocenters. The Bertz CT molecular complexity index is 2520. The topological polar surface area (TPSA) is 298 Å². The van der Waals surface area contributed by atoms with Crippen LogP contribution in [0.15, 0.2) is 35.7 Å². The second-order valence-electron chi connectivity index (χ2n) is 23.9. The highest BCUT2D eigenvalue weighted by Gasteiger charge is 2.55. The summed E-state index contributed by atoms with van der Waals surface area (Å²) in [5, 5.41) is 54.9. The van der Waals surface area contributed by atoms with Crippen LogP contribution in [0.1, 0.15) is 101 Å². The Hall–Kier alpha value is -4.73. The Labute approximate surface area is 474 Å². The molecule has 5 heterocycles. The second kappa shape index (κ2) is 26.0. The molecular formula is C57H88FN7O16. The number of nitrogens with two attached hydrogens (primary N) is 1. The van der Waals surface area contributed by atoms with Crippen LogP contribution in [0.25, 0.3) is 11.1 Å². The number of methoxy groups -OCH3 is 2. The Kier molecular flexibility index (Phi) is 20.5. The maximum absolute atomic E-state index is 15.3. The lowest BCUT2D eigenvalue weighted by molar-refractivity contribution is -0.319. The van der Waals surface area contributed by atoms with Crippen molar-refractivity contribution < 1.29 is 81.9 Å². The number of hydrogen-bond acceptors (Lipinski definition) is 21. The van der Waals surface area contributed by atoms with E-state index in [0.717, 1.165) is 0 Å². The number of aliphatic hydroxyl groups excluding tert-OH is 3. The van der Waals surface area contributed by atoms with E-state index in [2.05, 4.69) is 20.4 Å². The first-order chi connectivity index (χ1) is 38.1. The number of likely N-dealkylation sites (N-methyl/N-ethyl adjacent to an activating group) is 1. The first kappa shape index (κ1) is 63.8. The third-order valence-electron chi connectivity index (χ3n) is 17.8. The van der Waals surface area contributed by atoms with Crippen molar-refractivity contribution >= 4 is 35.3 Å². The number of aliphatic hydroxyl groups is 4. The molecule has 7 N–H and O–H groups in total. The Balaban J connectivity index is 1.08. The number of esters is 1. The van der Waals surface area contributed by atoms with Crippen LogP contribution in [0, 0.1) is 41.3 Å². The molecule has 7 rings (SSSR count). The first-order valence-electron chi connectivity index (χ1n) is 28.2. The van der Waals surface area contributed by atoms with Crippen molar-refractivity contribution in [2.45, 2.75) is 192 Å². The summed E-state index contributed by atoms with van der Waals surface area (Å²) in [5.74, 6) is -5.06. The zero-order valence-electron chi connectivity index (χ0n) is 49.3. The number of amides is 2. The molecule has 0 spiro atoms. The summed E-state index contributed by atoms with van der Waals surface area (Å²) in [5.41, 5.74) is 2.58. The summed E-state index contributed by atoms with van der Waals surface area (Å²) in [6.07, 6.45) is -7.59. The molecule has 1 aromatic heterocycles. The minimum Gasteiger partial charge on any atom is -0.459 e. The van der Waals surface area contributed by atoms with E-state index in [1.165, 1.54) is 57.7 Å². The number of halogens is 1. The minimum atomic E-state index is -1.95. The van der Waals surface area contributed by atoms with E-state index >= 15 is 4.39 Å². The van der Waals surface area contributed by atoms with Crippen LogP contribution >= 0.6 is 0 Å². The number of nitrogen functional groups attached to an aromatic ring is 1. The Morgan fingerprint density at radius 1 is 0.938 bits per heavy atom. The van der Waals surface area contributed by atoms with Gasteiger partial charge in [0.2, 0.25) is 11.9 Å². The maximum atomic E-state index is 15.3. The molecule has 454 valence electrons. The van der Waals surface area contributed by atoms with E-state index in [9.17, 15) is 34.8 Å². The molecule has 0 bridgehead atoms. The van der Waals surface area contributed by atoms with Gasteiger partial charge in [0.15, 0.2) is 12.6 Å². The number of oxime groups is 1. The van der Waals surface area contributed by atoms with Crippen LogP contribution in [0.4, 0.5) is 20.8 Å². The Morgan fingerprint density at radius 2 is 1.62 bits per heavy atom. The number of cyclic esters (lactones) is 2. The van der Waals surface area contributed by atoms with Crippen molar-refractivity contribution in [2.75, 3.05) is 58.6 Å². The summed E-state index contributed by atoms with van der Waals surface area (Å²) in [4.78, 5) is 57.7. The van der Waals surface area contributed by atoms with Crippen molar-refractivity contribution in [3.63, 3.8) is 0 Å². The predicted octanol–water partition coefficient (Wildman–Crippen LogP) is 4.20. The number of hydrogen-bond donors (Lipinski definition) is 6. The molecule has 0 radical (unpaired) electrons. The fraction of sp³-hybridized carbons (Fsp3) is 0.754. The monoisotopic (exact) mass is 1150 g/mol. The zero-order chi connectivity index (χ0) is 59.6. The van der Waals surface area contributed by atoms with Crippen molar-refractivity contribution in [1.82, 2.24) is 20.2 Å². The maximum Gasteiger partial charge on any atom is 0.414 e. The van der Waals surface area contributed by atoms with Gasteiger partial charge in [0.25, 0.3) is 0 Å². The van der Waals surface area contributed by atoms with Gasteiger partial charge in [-0.15, -0.1) is 0 Å². The summed E-state index contributed by atoms with van der Waals surface area (Å²) in [6, 6.07) is 3.83. The van der Waals surface area contributed by atoms with Crippen LogP contribution in [-0.2, 0) is 52.3 Å². The molecule has 24 heteroatoms. The predicted molar refractivity (Wildman–Crippen MR) is 293 cm³/mol. The number of nitrogens with one attached hydrogen (secondary N) is 1. The molecule has 23 nitrogen and oxygen atoms in total. The van der Waals surface area contributed by atoms with Gasteiger partial charge in [0.05, 0.1) is 72.1 Å². The fourth-order valence-corrected chi connectivity index (χ4v) is 12.6. The van der Waals surface area contributed by atoms with Crippen LogP contribution in [0.5, 0.6) is 0 Å². The second-order valence-corrected chi connectivity index (χ2v) is 23.9. The van der Waals surface area contributed by atoms with Gasteiger partial charge < -0.3 is 79.1 Å². The zero-order valence-corrected chi connectivity index (χ0v) is 49.3. The highest BCUT2D eigenvalue weighted by molar-refractivity contribution is 5.90. The van der Waals surface area contributed by atoms with Crippen molar-refractivity contribution in [2.24, 2.45) is 40.7 Å². The molecule has 2 aromatic rings. The summed E-state index contributed by atoms with van der Waals surface area (Å²) in [6.45, 7) is 18.1. The van der Waals surface area contributed by atoms with E-state index in [1.807, 2.05) is 39.6 Å². The number of carbonyl (C=O) groups excluding carboxylic acids is 3. The number of nitrogens with zero attached hydrogens (tertiary/aromatic N) is 5. The number of anilines is 2. The molecule has 5 aliphatic rings. The summed E-state index contributed by atoms with van der Waals surface area (Å²) >= 11 is 0. The quantitative estimate of drug-likeness (QED) is 0.101. The minimum absolute atomic E-state index is 0.0502. The number of rotatable bonds is 16. The van der Waals surface area contributed by atoms with Gasteiger partial charge in [-0.1, -0.05) is 32.9 Å². The van der Waals surface area contributed by atoms with Crippen LogP contribution in [0.2, 0.25) is 0 Å². The SMILES string of the molecule is CC[C@H]1OC(=O)[C@H](C)[C@@H](O[C@H]2C[C@@](C)(OC)[C@@H](O)[C@H](C)O2)[C@H](C)[C@@H](O[C@@H]2O[C@H](C)C[C@H](N(C)C[C@H]3C[C@@H]3C(=O)NC[C@H]3CN(c4ccc(-c5cnc(N)nc5)c(F)c4)C(=O)O3)[C@H]2O)[C@](C)(OC)C[C@@H](C)/C(=N/OC)[C@H](C)[C@@H](O)[C@]1(C)O. The molecule has 2 amide bonds. The number of aromatic nitrogens is 2. The molecule has 4 aliphatic heterocycles. The van der Waals surface area contributed by atoms with Crippen LogP contribution in [0.3, 0.4) is 0 Å². The van der Waals surface area contributed by atoms with E-state index in [0.29, 0.717) is 36.3 Å². The first-order valence-corrected chi connectivity index (χ1v) is 28.2. The van der Waals surface area contributed by atoms with Gasteiger partial charge in [-0.05, 0) is 98.4 Å². The van der Waals surface area contributed by atoms with Crippen LogP contribution < -0.4 is 16.0 Å². The molecule has 1 aliphatic carbocycles. The lowest BCUT2D eigenvalue weighted by Crippen LogP contribution is -2.61. The van der Waals surface area contributed by atoms with Gasteiger partial charge in [-0.2, -0.15) is 0 Å². The van der Waals surface area contributed by atoms with E-state index in [-0.39, 0.29) is 61.6 Å². The lowest BCUT2D eigenvalue weighted by atomic mass is 9.73. The molecule has 1 saturated carbocycles. The van der Waals surface area contributed by atoms with Crippen molar-refractivity contribution in [3.05, 3.63) is 36.4 Å². The van der Waals surface area contributed by atoms with Crippen molar-refractivity contribution in [3.8, 4) is 11.1 Å². The lowest BCUT2D eigenvalue weighted by Gasteiger charge is -2.50. The molecule has 5 fully saturated rings. The van der Waals surface area contributed by atoms with E-state index in [1.54, 1.807) is 40.7 Å². The number of benzene rings is 1.